The maximum Gasteiger partial charge on any atom is 0.170 e. The van der Waals surface area contributed by atoms with Crippen molar-refractivity contribution in [2.75, 3.05) is 5.32 Å². The van der Waals surface area contributed by atoms with E-state index in [4.69, 9.17) is 12.2 Å². The second-order valence-electron chi connectivity index (χ2n) is 4.34. The van der Waals surface area contributed by atoms with E-state index in [0.29, 0.717) is 11.2 Å². The molecule has 0 unspecified atom stereocenters. The molecule has 2 N–H and O–H groups in total. The molecule has 1 aromatic carbocycles. The molecule has 0 amide bonds. The second-order valence-corrected chi connectivity index (χ2v) is 4.75. The molecule has 1 aromatic rings. The van der Waals surface area contributed by atoms with Gasteiger partial charge in [0.05, 0.1) is 0 Å². The summed E-state index contributed by atoms with van der Waals surface area (Å²) in [6.45, 7) is 6.48. The third-order valence-corrected chi connectivity index (χ3v) is 2.94. The quantitative estimate of drug-likeness (QED) is 0.779. The highest BCUT2D eigenvalue weighted by Gasteiger charge is 2.02. The minimum Gasteiger partial charge on any atom is -0.360 e. The first-order chi connectivity index (χ1) is 8.15. The summed E-state index contributed by atoms with van der Waals surface area (Å²) in [5.41, 5.74) is 2.39. The van der Waals surface area contributed by atoms with Crippen LogP contribution in [0.2, 0.25) is 0 Å². The van der Waals surface area contributed by atoms with E-state index in [1.54, 1.807) is 0 Å². The zero-order valence-electron chi connectivity index (χ0n) is 10.9. The summed E-state index contributed by atoms with van der Waals surface area (Å²) in [5, 5.41) is 7.18. The lowest BCUT2D eigenvalue weighted by molar-refractivity contribution is 0.599. The zero-order valence-corrected chi connectivity index (χ0v) is 11.7. The summed E-state index contributed by atoms with van der Waals surface area (Å²) in [7, 11) is 0. The van der Waals surface area contributed by atoms with Crippen molar-refractivity contribution < 1.29 is 0 Å². The van der Waals surface area contributed by atoms with Crippen molar-refractivity contribution in [3.8, 4) is 0 Å². The van der Waals surface area contributed by atoms with Gasteiger partial charge in [0, 0.05) is 11.7 Å². The molecule has 0 saturated carbocycles. The summed E-state index contributed by atoms with van der Waals surface area (Å²) in [6, 6.07) is 8.81. The average molecular weight is 250 g/mol. The monoisotopic (exact) mass is 250 g/mol. The molecule has 94 valence electrons. The van der Waals surface area contributed by atoms with Crippen LogP contribution in [-0.4, -0.2) is 11.2 Å². The van der Waals surface area contributed by atoms with Gasteiger partial charge >= 0.3 is 0 Å². The molecule has 0 aromatic heterocycles. The van der Waals surface area contributed by atoms with Gasteiger partial charge in [-0.05, 0) is 49.7 Å². The summed E-state index contributed by atoms with van der Waals surface area (Å²) >= 11 is 5.27. The number of hydrogen-bond donors (Lipinski definition) is 2. The van der Waals surface area contributed by atoms with Crippen molar-refractivity contribution in [1.82, 2.24) is 5.32 Å². The van der Waals surface area contributed by atoms with Gasteiger partial charge in [-0.25, -0.2) is 0 Å². The molecule has 0 aliphatic rings. The van der Waals surface area contributed by atoms with Crippen LogP contribution in [0.1, 0.15) is 39.2 Å². The number of thiocarbonyl (C=S) groups is 1. The maximum atomic E-state index is 5.27. The molecule has 2 nitrogen and oxygen atoms in total. The minimum absolute atomic E-state index is 0.426. The van der Waals surface area contributed by atoms with Crippen molar-refractivity contribution >= 4 is 23.0 Å². The van der Waals surface area contributed by atoms with Gasteiger partial charge in [-0.3, -0.25) is 0 Å². The first-order valence-electron chi connectivity index (χ1n) is 6.32. The Balaban J connectivity index is 2.44. The second kappa shape index (κ2) is 7.28. The Morgan fingerprint density at radius 1 is 1.24 bits per heavy atom. The molecule has 0 heterocycles. The van der Waals surface area contributed by atoms with Gasteiger partial charge < -0.3 is 10.6 Å². The van der Waals surface area contributed by atoms with Crippen molar-refractivity contribution in [3.05, 3.63) is 29.8 Å². The first-order valence-corrected chi connectivity index (χ1v) is 6.73. The van der Waals surface area contributed by atoms with Crippen LogP contribution in [0.25, 0.3) is 0 Å². The normalized spacial score (nSPS) is 11.9. The van der Waals surface area contributed by atoms with E-state index in [2.05, 4.69) is 55.7 Å². The van der Waals surface area contributed by atoms with Gasteiger partial charge in [0.1, 0.15) is 0 Å². The fourth-order valence-electron chi connectivity index (χ4n) is 1.72. The van der Waals surface area contributed by atoms with Gasteiger partial charge in [0.15, 0.2) is 5.11 Å². The number of nitrogens with one attached hydrogen (secondary N) is 2. The van der Waals surface area contributed by atoms with Gasteiger partial charge in [-0.1, -0.05) is 32.4 Å². The average Bonchev–Trinajstić information content (AvgIpc) is 2.30. The molecular weight excluding hydrogens is 228 g/mol. The number of benzene rings is 1. The summed E-state index contributed by atoms with van der Waals surface area (Å²) < 4.78 is 0. The molecule has 17 heavy (non-hydrogen) atoms. The fourth-order valence-corrected chi connectivity index (χ4v) is 2.04. The molecule has 1 rings (SSSR count). The van der Waals surface area contributed by atoms with Crippen LogP contribution >= 0.6 is 12.2 Å². The summed E-state index contributed by atoms with van der Waals surface area (Å²) in [6.07, 6.45) is 3.37. The largest absolute Gasteiger partial charge is 0.360 e. The van der Waals surface area contributed by atoms with Gasteiger partial charge in [0.25, 0.3) is 0 Å². The van der Waals surface area contributed by atoms with E-state index < -0.39 is 0 Å². The number of hydrogen-bond acceptors (Lipinski definition) is 1. The molecule has 0 fully saturated rings. The zero-order chi connectivity index (χ0) is 12.7. The van der Waals surface area contributed by atoms with Crippen LogP contribution in [0.3, 0.4) is 0 Å². The van der Waals surface area contributed by atoms with E-state index >= 15 is 0 Å². The molecular formula is C14H22N2S. The Bertz CT molecular complexity index is 346. The van der Waals surface area contributed by atoms with E-state index in [0.717, 1.165) is 18.5 Å². The molecule has 3 heteroatoms. The lowest BCUT2D eigenvalue weighted by atomic mass is 10.1. The van der Waals surface area contributed by atoms with Crippen LogP contribution in [0.4, 0.5) is 5.69 Å². The predicted octanol–water partition coefficient (Wildman–Crippen LogP) is 3.72. The lowest BCUT2D eigenvalue weighted by Gasteiger charge is -2.16. The lowest BCUT2D eigenvalue weighted by Crippen LogP contribution is -2.35. The SMILES string of the molecule is CCC[C@@H](C)NC(=S)Nc1ccc(CC)cc1. The molecule has 0 aliphatic carbocycles. The summed E-state index contributed by atoms with van der Waals surface area (Å²) in [5.74, 6) is 0. The van der Waals surface area contributed by atoms with Crippen molar-refractivity contribution in [2.24, 2.45) is 0 Å². The number of anilines is 1. The molecule has 0 spiro atoms. The topological polar surface area (TPSA) is 24.1 Å². The summed E-state index contributed by atoms with van der Waals surface area (Å²) in [4.78, 5) is 0. The maximum absolute atomic E-state index is 5.27. The Labute approximate surface area is 110 Å². The Hall–Kier alpha value is -1.09. The van der Waals surface area contributed by atoms with Crippen LogP contribution < -0.4 is 10.6 Å². The Kier molecular flexibility index (Phi) is 5.98. The third kappa shape index (κ3) is 5.18. The van der Waals surface area contributed by atoms with Gasteiger partial charge in [-0.2, -0.15) is 0 Å². The predicted molar refractivity (Wildman–Crippen MR) is 79.5 cm³/mol. The van der Waals surface area contributed by atoms with E-state index in [-0.39, 0.29) is 0 Å². The van der Waals surface area contributed by atoms with Gasteiger partial charge in [0.2, 0.25) is 0 Å². The number of aryl methyl sites for hydroxylation is 1. The standard InChI is InChI=1S/C14H22N2S/c1-4-6-11(3)15-14(17)16-13-9-7-12(5-2)8-10-13/h7-11H,4-6H2,1-3H3,(H2,15,16,17)/t11-/m1/s1. The molecule has 0 saturated heterocycles. The minimum atomic E-state index is 0.426. The van der Waals surface area contributed by atoms with Crippen molar-refractivity contribution in [1.29, 1.82) is 0 Å². The van der Waals surface area contributed by atoms with Crippen LogP contribution in [0.5, 0.6) is 0 Å². The third-order valence-electron chi connectivity index (χ3n) is 2.72. The van der Waals surface area contributed by atoms with Crippen LogP contribution in [-0.2, 0) is 6.42 Å². The molecule has 0 bridgehead atoms. The molecule has 0 radical (unpaired) electrons. The molecule has 1 atom stereocenters. The van der Waals surface area contributed by atoms with Crippen LogP contribution in [0.15, 0.2) is 24.3 Å². The highest BCUT2D eigenvalue weighted by Crippen LogP contribution is 2.09. The van der Waals surface area contributed by atoms with Crippen molar-refractivity contribution in [2.45, 2.75) is 46.1 Å². The Morgan fingerprint density at radius 2 is 1.88 bits per heavy atom. The van der Waals surface area contributed by atoms with Crippen LogP contribution in [0, 0.1) is 0 Å². The highest BCUT2D eigenvalue weighted by atomic mass is 32.1. The Morgan fingerprint density at radius 3 is 2.41 bits per heavy atom. The smallest absolute Gasteiger partial charge is 0.170 e. The van der Waals surface area contributed by atoms with E-state index in [1.165, 1.54) is 12.0 Å². The van der Waals surface area contributed by atoms with E-state index in [9.17, 15) is 0 Å². The van der Waals surface area contributed by atoms with Gasteiger partial charge in [-0.15, -0.1) is 0 Å². The highest BCUT2D eigenvalue weighted by molar-refractivity contribution is 7.80. The van der Waals surface area contributed by atoms with E-state index in [1.807, 2.05) is 0 Å². The van der Waals surface area contributed by atoms with Crippen molar-refractivity contribution in [3.63, 3.8) is 0 Å². The fraction of sp³-hybridized carbons (Fsp3) is 0.500. The number of rotatable bonds is 5. The first kappa shape index (κ1) is 14.0. The molecule has 0 aliphatic heterocycles.